The van der Waals surface area contributed by atoms with E-state index in [0.29, 0.717) is 6.04 Å². The van der Waals surface area contributed by atoms with Crippen LogP contribution in [0.4, 0.5) is 0 Å². The highest BCUT2D eigenvalue weighted by molar-refractivity contribution is 5.31. The predicted octanol–water partition coefficient (Wildman–Crippen LogP) is 2.01. The van der Waals surface area contributed by atoms with E-state index in [2.05, 4.69) is 29.6 Å². The van der Waals surface area contributed by atoms with Crippen LogP contribution in [0.25, 0.3) is 0 Å². The first-order chi connectivity index (χ1) is 6.93. The zero-order valence-corrected chi connectivity index (χ0v) is 8.20. The molecule has 14 heavy (non-hydrogen) atoms. The van der Waals surface area contributed by atoms with E-state index in [-0.39, 0.29) is 0 Å². The molecule has 1 aromatic rings. The van der Waals surface area contributed by atoms with E-state index in [1.54, 1.807) is 0 Å². The van der Waals surface area contributed by atoms with Crippen molar-refractivity contribution in [3.63, 3.8) is 0 Å². The first-order valence-electron chi connectivity index (χ1n) is 5.35. The summed E-state index contributed by atoms with van der Waals surface area (Å²) >= 11 is 0. The molecule has 3 rings (SSSR count). The summed E-state index contributed by atoms with van der Waals surface area (Å²) in [5.41, 5.74) is 2.78. The number of ether oxygens (including phenoxy) is 1. The third-order valence-corrected chi connectivity index (χ3v) is 2.99. The summed E-state index contributed by atoms with van der Waals surface area (Å²) < 4.78 is 5.57. The lowest BCUT2D eigenvalue weighted by Crippen LogP contribution is -2.31. The molecule has 1 N–H and O–H groups in total. The highest BCUT2D eigenvalue weighted by atomic mass is 16.5. The van der Waals surface area contributed by atoms with Gasteiger partial charge in [-0.3, -0.25) is 0 Å². The van der Waals surface area contributed by atoms with Gasteiger partial charge in [-0.05, 0) is 24.0 Å². The van der Waals surface area contributed by atoms with Crippen molar-refractivity contribution in [2.75, 3.05) is 6.61 Å². The van der Waals surface area contributed by atoms with Gasteiger partial charge in [-0.25, -0.2) is 0 Å². The molecule has 1 fully saturated rings. The van der Waals surface area contributed by atoms with E-state index in [1.165, 1.54) is 24.0 Å². The average molecular weight is 189 g/mol. The zero-order chi connectivity index (χ0) is 9.38. The van der Waals surface area contributed by atoms with Crippen LogP contribution in [-0.2, 0) is 11.3 Å². The first-order valence-corrected chi connectivity index (χ1v) is 5.35. The summed E-state index contributed by atoms with van der Waals surface area (Å²) in [6, 6.07) is 9.75. The fourth-order valence-electron chi connectivity index (χ4n) is 2.05. The second-order valence-electron chi connectivity index (χ2n) is 4.21. The number of nitrogens with one attached hydrogen (secondary N) is 1. The van der Waals surface area contributed by atoms with Gasteiger partial charge in [0.05, 0.1) is 19.3 Å². The Balaban J connectivity index is 1.85. The predicted molar refractivity (Wildman–Crippen MR) is 55.0 cm³/mol. The molecule has 1 atom stereocenters. The van der Waals surface area contributed by atoms with Crippen LogP contribution in [0.2, 0.25) is 0 Å². The van der Waals surface area contributed by atoms with Crippen molar-refractivity contribution in [3.05, 3.63) is 35.4 Å². The fraction of sp³-hybridized carbons (Fsp3) is 0.500. The highest BCUT2D eigenvalue weighted by Crippen LogP contribution is 2.29. The van der Waals surface area contributed by atoms with Crippen LogP contribution in [-0.4, -0.2) is 12.6 Å². The molecule has 2 heteroatoms. The van der Waals surface area contributed by atoms with E-state index >= 15 is 0 Å². The van der Waals surface area contributed by atoms with Crippen molar-refractivity contribution >= 4 is 0 Å². The van der Waals surface area contributed by atoms with Gasteiger partial charge in [-0.1, -0.05) is 24.3 Å². The van der Waals surface area contributed by atoms with Crippen LogP contribution >= 0.6 is 0 Å². The molecule has 0 spiro atoms. The second-order valence-corrected chi connectivity index (χ2v) is 4.21. The van der Waals surface area contributed by atoms with Gasteiger partial charge in [0.1, 0.15) is 0 Å². The minimum atomic E-state index is 0.424. The average Bonchev–Trinajstić information content (AvgIpc) is 3.03. The van der Waals surface area contributed by atoms with Crippen LogP contribution in [0.5, 0.6) is 0 Å². The maximum Gasteiger partial charge on any atom is 0.0721 e. The second kappa shape index (κ2) is 3.37. The molecule has 1 aliphatic heterocycles. The Morgan fingerprint density at radius 3 is 2.93 bits per heavy atom. The molecule has 1 aromatic carbocycles. The molecule has 1 heterocycles. The smallest absolute Gasteiger partial charge is 0.0721 e. The molecule has 0 aromatic heterocycles. The SMILES string of the molecule is c1ccc2c(c1)COCC2NC1CC1. The minimum Gasteiger partial charge on any atom is -0.375 e. The van der Waals surface area contributed by atoms with Crippen LogP contribution in [0.3, 0.4) is 0 Å². The number of fused-ring (bicyclic) bond motifs is 1. The molecule has 0 amide bonds. The Hall–Kier alpha value is -0.860. The normalized spacial score (nSPS) is 25.9. The van der Waals surface area contributed by atoms with Gasteiger partial charge in [0.2, 0.25) is 0 Å². The Morgan fingerprint density at radius 2 is 2.07 bits per heavy atom. The van der Waals surface area contributed by atoms with Gasteiger partial charge in [-0.15, -0.1) is 0 Å². The van der Waals surface area contributed by atoms with E-state index in [0.717, 1.165) is 19.3 Å². The Labute approximate surface area is 84.3 Å². The zero-order valence-electron chi connectivity index (χ0n) is 8.20. The van der Waals surface area contributed by atoms with E-state index in [1.807, 2.05) is 0 Å². The van der Waals surface area contributed by atoms with Crippen LogP contribution in [0.15, 0.2) is 24.3 Å². The van der Waals surface area contributed by atoms with E-state index in [4.69, 9.17) is 4.74 Å². The number of hydrogen-bond acceptors (Lipinski definition) is 2. The number of benzene rings is 1. The molecule has 1 unspecified atom stereocenters. The summed E-state index contributed by atoms with van der Waals surface area (Å²) in [6.07, 6.45) is 2.66. The molecular formula is C12H15NO. The molecule has 2 aliphatic rings. The molecular weight excluding hydrogens is 174 g/mol. The molecule has 74 valence electrons. The third-order valence-electron chi connectivity index (χ3n) is 2.99. The van der Waals surface area contributed by atoms with Gasteiger partial charge in [0.25, 0.3) is 0 Å². The third kappa shape index (κ3) is 1.56. The van der Waals surface area contributed by atoms with Crippen molar-refractivity contribution in [1.82, 2.24) is 5.32 Å². The van der Waals surface area contributed by atoms with Gasteiger partial charge in [-0.2, -0.15) is 0 Å². The van der Waals surface area contributed by atoms with E-state index in [9.17, 15) is 0 Å². The summed E-state index contributed by atoms with van der Waals surface area (Å²) in [5.74, 6) is 0. The summed E-state index contributed by atoms with van der Waals surface area (Å²) in [4.78, 5) is 0. The van der Waals surface area contributed by atoms with Gasteiger partial charge in [0, 0.05) is 6.04 Å². The topological polar surface area (TPSA) is 21.3 Å². The standard InChI is InChI=1S/C12H15NO/c1-2-4-11-9(3-1)7-14-8-12(11)13-10-5-6-10/h1-4,10,12-13H,5-8H2. The van der Waals surface area contributed by atoms with Crippen molar-refractivity contribution in [2.45, 2.75) is 31.5 Å². The van der Waals surface area contributed by atoms with Gasteiger partial charge < -0.3 is 10.1 Å². The maximum absolute atomic E-state index is 5.57. The fourth-order valence-corrected chi connectivity index (χ4v) is 2.05. The Morgan fingerprint density at radius 1 is 1.21 bits per heavy atom. The largest absolute Gasteiger partial charge is 0.375 e. The minimum absolute atomic E-state index is 0.424. The summed E-state index contributed by atoms with van der Waals surface area (Å²) in [5, 5.41) is 3.62. The summed E-state index contributed by atoms with van der Waals surface area (Å²) in [7, 11) is 0. The molecule has 2 nitrogen and oxygen atoms in total. The lowest BCUT2D eigenvalue weighted by Gasteiger charge is -2.26. The Bertz CT molecular complexity index is 333. The molecule has 1 saturated carbocycles. The molecule has 0 radical (unpaired) electrons. The maximum atomic E-state index is 5.57. The lowest BCUT2D eigenvalue weighted by atomic mass is 9.99. The highest BCUT2D eigenvalue weighted by Gasteiger charge is 2.28. The van der Waals surface area contributed by atoms with Crippen LogP contribution in [0.1, 0.15) is 30.0 Å². The lowest BCUT2D eigenvalue weighted by molar-refractivity contribution is 0.0816. The van der Waals surface area contributed by atoms with Crippen molar-refractivity contribution in [2.24, 2.45) is 0 Å². The van der Waals surface area contributed by atoms with Gasteiger partial charge in [0.15, 0.2) is 0 Å². The quantitative estimate of drug-likeness (QED) is 0.768. The summed E-state index contributed by atoms with van der Waals surface area (Å²) in [6.45, 7) is 1.60. The van der Waals surface area contributed by atoms with Gasteiger partial charge >= 0.3 is 0 Å². The Kier molecular flexibility index (Phi) is 2.03. The van der Waals surface area contributed by atoms with Crippen molar-refractivity contribution in [1.29, 1.82) is 0 Å². The van der Waals surface area contributed by atoms with Crippen LogP contribution in [0, 0.1) is 0 Å². The molecule has 1 aliphatic carbocycles. The molecule has 0 bridgehead atoms. The van der Waals surface area contributed by atoms with E-state index < -0.39 is 0 Å². The number of rotatable bonds is 2. The van der Waals surface area contributed by atoms with Crippen LogP contribution < -0.4 is 5.32 Å². The molecule has 0 saturated heterocycles. The van der Waals surface area contributed by atoms with Crippen molar-refractivity contribution in [3.8, 4) is 0 Å². The first kappa shape index (κ1) is 8.45. The van der Waals surface area contributed by atoms with Crippen molar-refractivity contribution < 1.29 is 4.74 Å². The monoisotopic (exact) mass is 189 g/mol. The number of hydrogen-bond donors (Lipinski definition) is 1.